The Kier molecular flexibility index (Phi) is 6.34. The third-order valence-corrected chi connectivity index (χ3v) is 3.40. The van der Waals surface area contributed by atoms with Gasteiger partial charge in [-0.2, -0.15) is 0 Å². The van der Waals surface area contributed by atoms with Gasteiger partial charge in [0.15, 0.2) is 0 Å². The van der Waals surface area contributed by atoms with Crippen LogP contribution in [0.2, 0.25) is 0 Å². The monoisotopic (exact) mass is 287 g/mol. The molecule has 0 N–H and O–H groups in total. The molecule has 0 aromatic heterocycles. The predicted octanol–water partition coefficient (Wildman–Crippen LogP) is 3.57. The van der Waals surface area contributed by atoms with Gasteiger partial charge in [-0.1, -0.05) is 31.0 Å². The van der Waals surface area contributed by atoms with E-state index < -0.39 is 5.60 Å². The zero-order valence-corrected chi connectivity index (χ0v) is 13.2. The molecule has 0 aromatic rings. The maximum Gasteiger partial charge on any atom is 0.323 e. The van der Waals surface area contributed by atoms with E-state index in [-0.39, 0.29) is 12.0 Å². The van der Waals surface area contributed by atoms with Crippen molar-refractivity contribution < 1.29 is 9.53 Å². The average molecular weight is 288 g/mol. The second-order valence-electron chi connectivity index (χ2n) is 6.21. The van der Waals surface area contributed by atoms with E-state index in [1.807, 2.05) is 26.8 Å². The number of nitrogens with zero attached hydrogens (tertiary/aromatic N) is 1. The lowest BCUT2D eigenvalue weighted by molar-refractivity contribution is -0.160. The van der Waals surface area contributed by atoms with Gasteiger partial charge in [0.1, 0.15) is 11.6 Å². The van der Waals surface area contributed by atoms with Crippen LogP contribution in [0.3, 0.4) is 0 Å². The summed E-state index contributed by atoms with van der Waals surface area (Å²) in [5.74, 6) is 0.251. The van der Waals surface area contributed by atoms with Crippen LogP contribution in [0.4, 0.5) is 0 Å². The molecule has 2 atom stereocenters. The van der Waals surface area contributed by atoms with E-state index in [1.165, 1.54) is 0 Å². The lowest BCUT2D eigenvalue weighted by Gasteiger charge is -2.27. The minimum Gasteiger partial charge on any atom is -0.459 e. The fourth-order valence-electron chi connectivity index (χ4n) is 2.40. The first-order valence-corrected chi connectivity index (χ1v) is 7.54. The van der Waals surface area contributed by atoms with Crippen molar-refractivity contribution in [3.63, 3.8) is 0 Å². The van der Waals surface area contributed by atoms with Gasteiger partial charge in [-0.15, -0.1) is 0 Å². The third-order valence-electron chi connectivity index (χ3n) is 3.26. The molecule has 0 amide bonds. The molecule has 0 aliphatic carbocycles. The molecule has 3 nitrogen and oxygen atoms in total. The van der Waals surface area contributed by atoms with Crippen LogP contribution in [0.25, 0.3) is 0 Å². The van der Waals surface area contributed by atoms with Crippen LogP contribution in [0.5, 0.6) is 0 Å². The van der Waals surface area contributed by atoms with Crippen molar-refractivity contribution in [3.05, 3.63) is 11.6 Å². The van der Waals surface area contributed by atoms with E-state index >= 15 is 0 Å². The molecule has 4 heteroatoms. The quantitative estimate of drug-likeness (QED) is 0.724. The molecule has 0 bridgehead atoms. The lowest BCUT2D eigenvalue weighted by atomic mass is 10.1. The standard InChI is InChI=1S/C15H26ClNO2/c1-5-6-9-17-11-12(7-8-16)10-13(17)14(18)19-15(2,3)4/h7-8,12-13H,5-6,9-11H2,1-4H3/b8-7-. The van der Waals surface area contributed by atoms with Crippen LogP contribution in [-0.2, 0) is 9.53 Å². The summed E-state index contributed by atoms with van der Waals surface area (Å²) in [6.07, 6.45) is 5.02. The fourth-order valence-corrected chi connectivity index (χ4v) is 2.61. The number of hydrogen-bond donors (Lipinski definition) is 0. The molecule has 1 fully saturated rings. The van der Waals surface area contributed by atoms with Crippen LogP contribution in [0.15, 0.2) is 11.6 Å². The Balaban J connectivity index is 2.67. The molecule has 1 saturated heterocycles. The molecule has 1 aliphatic heterocycles. The van der Waals surface area contributed by atoms with Crippen molar-refractivity contribution in [1.29, 1.82) is 0 Å². The Morgan fingerprint density at radius 1 is 1.47 bits per heavy atom. The fraction of sp³-hybridized carbons (Fsp3) is 0.800. The first-order chi connectivity index (χ1) is 8.87. The number of likely N-dealkylation sites (tertiary alicyclic amines) is 1. The zero-order chi connectivity index (χ0) is 14.5. The van der Waals surface area contributed by atoms with Gasteiger partial charge < -0.3 is 4.74 Å². The van der Waals surface area contributed by atoms with E-state index in [0.29, 0.717) is 5.92 Å². The van der Waals surface area contributed by atoms with Crippen LogP contribution in [-0.4, -0.2) is 35.6 Å². The molecule has 2 unspecified atom stereocenters. The number of rotatable bonds is 5. The van der Waals surface area contributed by atoms with Gasteiger partial charge in [-0.25, -0.2) is 0 Å². The lowest BCUT2D eigenvalue weighted by Crippen LogP contribution is -2.40. The number of hydrogen-bond acceptors (Lipinski definition) is 3. The summed E-state index contributed by atoms with van der Waals surface area (Å²) >= 11 is 5.65. The minimum atomic E-state index is -0.423. The summed E-state index contributed by atoms with van der Waals surface area (Å²) in [6.45, 7) is 9.74. The molecule has 0 spiro atoms. The van der Waals surface area contributed by atoms with Gasteiger partial charge in [0.2, 0.25) is 0 Å². The normalized spacial score (nSPS) is 25.1. The van der Waals surface area contributed by atoms with Gasteiger partial charge in [-0.3, -0.25) is 9.69 Å². The van der Waals surface area contributed by atoms with Gasteiger partial charge in [0.25, 0.3) is 0 Å². The number of carbonyl (C=O) groups excluding carboxylic acids is 1. The highest BCUT2D eigenvalue weighted by molar-refractivity contribution is 6.25. The summed E-state index contributed by atoms with van der Waals surface area (Å²) in [7, 11) is 0. The maximum absolute atomic E-state index is 12.3. The van der Waals surface area contributed by atoms with Crippen LogP contribution in [0, 0.1) is 5.92 Å². The van der Waals surface area contributed by atoms with Crippen LogP contribution >= 0.6 is 11.6 Å². The van der Waals surface area contributed by atoms with Gasteiger partial charge >= 0.3 is 5.97 Å². The number of halogens is 1. The van der Waals surface area contributed by atoms with Crippen LogP contribution < -0.4 is 0 Å². The highest BCUT2D eigenvalue weighted by Gasteiger charge is 2.37. The van der Waals surface area contributed by atoms with E-state index in [1.54, 1.807) is 5.54 Å². The summed E-state index contributed by atoms with van der Waals surface area (Å²) in [6, 6.07) is -0.122. The van der Waals surface area contributed by atoms with E-state index in [0.717, 1.165) is 32.4 Å². The Hall–Kier alpha value is -0.540. The first-order valence-electron chi connectivity index (χ1n) is 7.11. The zero-order valence-electron chi connectivity index (χ0n) is 12.5. The Bertz CT molecular complexity index is 323. The second-order valence-corrected chi connectivity index (χ2v) is 6.46. The summed E-state index contributed by atoms with van der Waals surface area (Å²) < 4.78 is 5.52. The molecular weight excluding hydrogens is 262 g/mol. The van der Waals surface area contributed by atoms with Crippen molar-refractivity contribution >= 4 is 17.6 Å². The molecule has 1 rings (SSSR count). The Morgan fingerprint density at radius 3 is 2.68 bits per heavy atom. The van der Waals surface area contributed by atoms with E-state index in [9.17, 15) is 4.79 Å². The highest BCUT2D eigenvalue weighted by Crippen LogP contribution is 2.27. The van der Waals surface area contributed by atoms with Crippen molar-refractivity contribution in [2.45, 2.75) is 58.6 Å². The molecule has 19 heavy (non-hydrogen) atoms. The van der Waals surface area contributed by atoms with Gasteiger partial charge in [0.05, 0.1) is 0 Å². The van der Waals surface area contributed by atoms with Gasteiger partial charge in [-0.05, 0) is 46.1 Å². The summed E-state index contributed by atoms with van der Waals surface area (Å²) in [5.41, 5.74) is 1.13. The smallest absolute Gasteiger partial charge is 0.323 e. The molecule has 1 aliphatic rings. The molecule has 0 aromatic carbocycles. The number of carbonyl (C=O) groups is 1. The molecule has 110 valence electrons. The molecule has 1 heterocycles. The highest BCUT2D eigenvalue weighted by atomic mass is 35.5. The summed E-state index contributed by atoms with van der Waals surface area (Å²) in [4.78, 5) is 14.5. The molecular formula is C15H26ClNO2. The topological polar surface area (TPSA) is 29.5 Å². The summed E-state index contributed by atoms with van der Waals surface area (Å²) in [5, 5.41) is 0. The van der Waals surface area contributed by atoms with E-state index in [2.05, 4.69) is 11.8 Å². The predicted molar refractivity (Wildman–Crippen MR) is 79.2 cm³/mol. The second kappa shape index (κ2) is 7.30. The van der Waals surface area contributed by atoms with E-state index in [4.69, 9.17) is 16.3 Å². The van der Waals surface area contributed by atoms with Gasteiger partial charge in [0, 0.05) is 12.1 Å². The number of unbranched alkanes of at least 4 members (excludes halogenated alkanes) is 1. The SMILES string of the molecule is CCCCN1CC(/C=C\Cl)CC1C(=O)OC(C)(C)C. The largest absolute Gasteiger partial charge is 0.459 e. The van der Waals surface area contributed by atoms with Crippen LogP contribution in [0.1, 0.15) is 47.0 Å². The van der Waals surface area contributed by atoms with Crippen molar-refractivity contribution in [2.75, 3.05) is 13.1 Å². The first kappa shape index (κ1) is 16.5. The maximum atomic E-state index is 12.3. The van der Waals surface area contributed by atoms with Crippen molar-refractivity contribution in [3.8, 4) is 0 Å². The number of ether oxygens (including phenoxy) is 1. The Morgan fingerprint density at radius 2 is 2.16 bits per heavy atom. The van der Waals surface area contributed by atoms with Crippen molar-refractivity contribution in [1.82, 2.24) is 4.90 Å². The Labute approximate surface area is 121 Å². The molecule has 0 radical (unpaired) electrons. The molecule has 0 saturated carbocycles. The average Bonchev–Trinajstić information content (AvgIpc) is 2.68. The third kappa shape index (κ3) is 5.53. The minimum absolute atomic E-state index is 0.103. The number of esters is 1. The van der Waals surface area contributed by atoms with Crippen molar-refractivity contribution in [2.24, 2.45) is 5.92 Å².